The van der Waals surface area contributed by atoms with Gasteiger partial charge in [-0.3, -0.25) is 0 Å². The van der Waals surface area contributed by atoms with Crippen molar-refractivity contribution in [2.24, 2.45) is 0 Å². The molecule has 1 atom stereocenters. The molecule has 0 unspecified atom stereocenters. The zero-order valence-electron chi connectivity index (χ0n) is 14.3. The molecule has 6 nitrogen and oxygen atoms in total. The van der Waals surface area contributed by atoms with Gasteiger partial charge >= 0.3 is 0 Å². The third-order valence-electron chi connectivity index (χ3n) is 4.37. The van der Waals surface area contributed by atoms with Gasteiger partial charge in [0.15, 0.2) is 5.82 Å². The summed E-state index contributed by atoms with van der Waals surface area (Å²) >= 11 is 0. The number of benzene rings is 2. The van der Waals surface area contributed by atoms with Crippen LogP contribution in [0.2, 0.25) is 0 Å². The van der Waals surface area contributed by atoms with Gasteiger partial charge in [-0.2, -0.15) is 9.71 Å². The fraction of sp³-hybridized carbons (Fsp3) is 0.263. The van der Waals surface area contributed by atoms with Crippen molar-refractivity contribution in [2.75, 3.05) is 0 Å². The van der Waals surface area contributed by atoms with Crippen LogP contribution in [0.1, 0.15) is 43.4 Å². The summed E-state index contributed by atoms with van der Waals surface area (Å²) in [6, 6.07) is 16.0. The van der Waals surface area contributed by atoms with E-state index in [0.717, 1.165) is 24.0 Å². The van der Waals surface area contributed by atoms with Gasteiger partial charge in [-0.25, -0.2) is 8.42 Å². The van der Waals surface area contributed by atoms with Crippen LogP contribution in [-0.2, 0) is 10.0 Å². The van der Waals surface area contributed by atoms with Crippen molar-refractivity contribution in [2.45, 2.75) is 36.6 Å². The van der Waals surface area contributed by atoms with Crippen LogP contribution >= 0.6 is 0 Å². The molecule has 26 heavy (non-hydrogen) atoms. The first-order valence-electron chi connectivity index (χ1n) is 8.54. The third kappa shape index (κ3) is 3.54. The first kappa shape index (κ1) is 16.9. The third-order valence-corrected chi connectivity index (χ3v) is 5.93. The van der Waals surface area contributed by atoms with Crippen LogP contribution in [-0.4, -0.2) is 18.6 Å². The van der Waals surface area contributed by atoms with E-state index in [2.05, 4.69) is 14.9 Å². The Morgan fingerprint density at radius 1 is 1.04 bits per heavy atom. The normalized spacial score (nSPS) is 15.7. The molecule has 0 amide bonds. The first-order chi connectivity index (χ1) is 12.5. The van der Waals surface area contributed by atoms with Crippen molar-refractivity contribution in [1.82, 2.24) is 14.9 Å². The second-order valence-electron chi connectivity index (χ2n) is 6.50. The topological polar surface area (TPSA) is 85.1 Å². The van der Waals surface area contributed by atoms with Crippen LogP contribution in [0.3, 0.4) is 0 Å². The summed E-state index contributed by atoms with van der Waals surface area (Å²) in [6.45, 7) is 1.69. The molecule has 3 aromatic rings. The summed E-state index contributed by atoms with van der Waals surface area (Å²) in [6.07, 6.45) is 2.12. The molecule has 1 aliphatic rings. The lowest BCUT2D eigenvalue weighted by Crippen LogP contribution is -2.27. The SMILES string of the molecule is C[C@@H](NS(=O)(=O)c1ccc(-c2ccccc2)cc1)c1nc(C2CC2)no1. The highest BCUT2D eigenvalue weighted by Gasteiger charge is 2.30. The van der Waals surface area contributed by atoms with Gasteiger partial charge in [0.1, 0.15) is 0 Å². The van der Waals surface area contributed by atoms with Gasteiger partial charge in [0, 0.05) is 5.92 Å². The lowest BCUT2D eigenvalue weighted by atomic mass is 10.1. The van der Waals surface area contributed by atoms with Crippen molar-refractivity contribution in [3.63, 3.8) is 0 Å². The van der Waals surface area contributed by atoms with Gasteiger partial charge in [0.05, 0.1) is 10.9 Å². The second-order valence-corrected chi connectivity index (χ2v) is 8.21. The number of sulfonamides is 1. The standard InChI is InChI=1S/C19H19N3O3S/c1-13(19-20-18(21-25-19)16-7-8-16)22-26(23,24)17-11-9-15(10-12-17)14-5-3-2-4-6-14/h2-6,9-13,16,22H,7-8H2,1H3/t13-/m1/s1. The molecule has 4 rings (SSSR count). The highest BCUT2D eigenvalue weighted by molar-refractivity contribution is 7.89. The summed E-state index contributed by atoms with van der Waals surface area (Å²) in [5.74, 6) is 1.32. The number of aromatic nitrogens is 2. The van der Waals surface area contributed by atoms with E-state index in [9.17, 15) is 8.42 Å². The molecular formula is C19H19N3O3S. The van der Waals surface area contributed by atoms with Crippen LogP contribution in [0.4, 0.5) is 0 Å². The zero-order valence-corrected chi connectivity index (χ0v) is 15.1. The van der Waals surface area contributed by atoms with Gasteiger partial charge in [-0.15, -0.1) is 0 Å². The number of nitrogens with one attached hydrogen (secondary N) is 1. The molecule has 1 aliphatic carbocycles. The highest BCUT2D eigenvalue weighted by atomic mass is 32.2. The Balaban J connectivity index is 1.50. The molecule has 1 saturated carbocycles. The maximum absolute atomic E-state index is 12.6. The first-order valence-corrected chi connectivity index (χ1v) is 10.0. The highest BCUT2D eigenvalue weighted by Crippen LogP contribution is 2.38. The fourth-order valence-electron chi connectivity index (χ4n) is 2.74. The fourth-order valence-corrected chi connectivity index (χ4v) is 3.94. The summed E-state index contributed by atoms with van der Waals surface area (Å²) in [5.41, 5.74) is 2.00. The summed E-state index contributed by atoms with van der Waals surface area (Å²) < 4.78 is 33.0. The molecule has 7 heteroatoms. The molecule has 134 valence electrons. The largest absolute Gasteiger partial charge is 0.338 e. The van der Waals surface area contributed by atoms with Crippen LogP contribution in [0.25, 0.3) is 11.1 Å². The molecule has 1 heterocycles. The molecular weight excluding hydrogens is 350 g/mol. The molecule has 0 bridgehead atoms. The molecule has 1 fully saturated rings. The monoisotopic (exact) mass is 369 g/mol. The smallest absolute Gasteiger partial charge is 0.244 e. The molecule has 0 radical (unpaired) electrons. The Morgan fingerprint density at radius 2 is 1.69 bits per heavy atom. The summed E-state index contributed by atoms with van der Waals surface area (Å²) in [7, 11) is -3.68. The average molecular weight is 369 g/mol. The number of hydrogen-bond acceptors (Lipinski definition) is 5. The average Bonchev–Trinajstić information content (AvgIpc) is 3.39. The Hall–Kier alpha value is -2.51. The van der Waals surface area contributed by atoms with Crippen LogP contribution in [0, 0.1) is 0 Å². The van der Waals surface area contributed by atoms with Gasteiger partial charge in [0.2, 0.25) is 15.9 Å². The Kier molecular flexibility index (Phi) is 4.34. The van der Waals surface area contributed by atoms with Gasteiger partial charge in [-0.1, -0.05) is 47.6 Å². The van der Waals surface area contributed by atoms with Crippen LogP contribution < -0.4 is 4.72 Å². The Labute approximate surface area is 152 Å². The van der Waals surface area contributed by atoms with E-state index in [1.807, 2.05) is 30.3 Å². The molecule has 1 aromatic heterocycles. The van der Waals surface area contributed by atoms with E-state index < -0.39 is 16.1 Å². The lowest BCUT2D eigenvalue weighted by Gasteiger charge is -2.11. The quantitative estimate of drug-likeness (QED) is 0.717. The van der Waals surface area contributed by atoms with Crippen molar-refractivity contribution < 1.29 is 12.9 Å². The second kappa shape index (κ2) is 6.66. The van der Waals surface area contributed by atoms with E-state index in [1.54, 1.807) is 31.2 Å². The molecule has 1 N–H and O–H groups in total. The predicted octanol–water partition coefficient (Wildman–Crippen LogP) is 3.65. The van der Waals surface area contributed by atoms with E-state index in [-0.39, 0.29) is 10.8 Å². The molecule has 0 aliphatic heterocycles. The van der Waals surface area contributed by atoms with Crippen LogP contribution in [0.15, 0.2) is 64.0 Å². The Bertz CT molecular complexity index is 994. The molecule has 0 spiro atoms. The summed E-state index contributed by atoms with van der Waals surface area (Å²) in [5, 5.41) is 3.93. The number of nitrogens with zero attached hydrogens (tertiary/aromatic N) is 2. The van der Waals surface area contributed by atoms with Gasteiger partial charge in [0.25, 0.3) is 0 Å². The Morgan fingerprint density at radius 3 is 2.35 bits per heavy atom. The van der Waals surface area contributed by atoms with Gasteiger partial charge < -0.3 is 4.52 Å². The zero-order chi connectivity index (χ0) is 18.1. The summed E-state index contributed by atoms with van der Waals surface area (Å²) in [4.78, 5) is 4.50. The van der Waals surface area contributed by atoms with E-state index in [1.165, 1.54) is 0 Å². The van der Waals surface area contributed by atoms with Crippen molar-refractivity contribution in [3.8, 4) is 11.1 Å². The minimum absolute atomic E-state index is 0.200. The van der Waals surface area contributed by atoms with E-state index >= 15 is 0 Å². The minimum Gasteiger partial charge on any atom is -0.338 e. The maximum atomic E-state index is 12.6. The molecule has 2 aromatic carbocycles. The van der Waals surface area contributed by atoms with Crippen molar-refractivity contribution in [3.05, 3.63) is 66.3 Å². The molecule has 0 saturated heterocycles. The van der Waals surface area contributed by atoms with Crippen LogP contribution in [0.5, 0.6) is 0 Å². The van der Waals surface area contributed by atoms with E-state index in [4.69, 9.17) is 4.52 Å². The lowest BCUT2D eigenvalue weighted by molar-refractivity contribution is 0.349. The van der Waals surface area contributed by atoms with E-state index in [0.29, 0.717) is 11.7 Å². The number of hydrogen-bond donors (Lipinski definition) is 1. The number of rotatable bonds is 6. The minimum atomic E-state index is -3.68. The van der Waals surface area contributed by atoms with Crippen molar-refractivity contribution >= 4 is 10.0 Å². The van der Waals surface area contributed by atoms with Gasteiger partial charge in [-0.05, 0) is 43.0 Å². The maximum Gasteiger partial charge on any atom is 0.244 e. The predicted molar refractivity (Wildman–Crippen MR) is 96.9 cm³/mol. The van der Waals surface area contributed by atoms with Crippen molar-refractivity contribution in [1.29, 1.82) is 0 Å².